The first-order chi connectivity index (χ1) is 9.48. The van der Waals surface area contributed by atoms with Crippen LogP contribution in [0.3, 0.4) is 0 Å². The molecule has 0 radical (unpaired) electrons. The molecule has 0 aromatic heterocycles. The Kier molecular flexibility index (Phi) is 6.78. The van der Waals surface area contributed by atoms with Gasteiger partial charge in [-0.05, 0) is 39.0 Å². The molecule has 2 unspecified atom stereocenters. The van der Waals surface area contributed by atoms with E-state index in [9.17, 15) is 14.7 Å². The molecule has 20 heavy (non-hydrogen) atoms. The summed E-state index contributed by atoms with van der Waals surface area (Å²) in [7, 11) is 0. The summed E-state index contributed by atoms with van der Waals surface area (Å²) >= 11 is 0. The van der Waals surface area contributed by atoms with Crippen LogP contribution >= 0.6 is 0 Å². The number of carboxylic acid groups (broad SMARTS) is 1. The summed E-state index contributed by atoms with van der Waals surface area (Å²) in [6.07, 6.45) is 5.39. The minimum absolute atomic E-state index is 0.213. The van der Waals surface area contributed by atoms with Gasteiger partial charge >= 0.3 is 12.0 Å². The van der Waals surface area contributed by atoms with Crippen molar-refractivity contribution in [3.63, 3.8) is 0 Å². The molecule has 1 heterocycles. The standard InChI is InChI=1S/C14H26N2O4/c1-3-8-14(2,12(17)18)16-13(19)15-9-7-11-6-4-5-10-20-11/h11H,3-10H2,1-2H3,(H,17,18)(H2,15,16,19). The Balaban J connectivity index is 2.29. The number of carbonyl (C=O) groups is 2. The molecule has 6 heteroatoms. The number of carbonyl (C=O) groups excluding carboxylic acids is 1. The molecular formula is C14H26N2O4. The maximum absolute atomic E-state index is 11.8. The molecule has 116 valence electrons. The zero-order valence-corrected chi connectivity index (χ0v) is 12.4. The average Bonchev–Trinajstić information content (AvgIpc) is 2.40. The van der Waals surface area contributed by atoms with Crippen LogP contribution in [0, 0.1) is 0 Å². The van der Waals surface area contributed by atoms with E-state index in [0.29, 0.717) is 19.4 Å². The first-order valence-electron chi connectivity index (χ1n) is 7.39. The summed E-state index contributed by atoms with van der Waals surface area (Å²) in [6.45, 7) is 4.71. The van der Waals surface area contributed by atoms with E-state index in [4.69, 9.17) is 4.74 Å². The normalized spacial score (nSPS) is 21.8. The Morgan fingerprint density at radius 3 is 2.70 bits per heavy atom. The fourth-order valence-electron chi connectivity index (χ4n) is 2.40. The Bertz CT molecular complexity index is 329. The number of aliphatic carboxylic acids is 1. The van der Waals surface area contributed by atoms with Crippen LogP contribution in [-0.2, 0) is 9.53 Å². The maximum Gasteiger partial charge on any atom is 0.329 e. The number of urea groups is 1. The molecule has 1 fully saturated rings. The Morgan fingerprint density at radius 2 is 2.15 bits per heavy atom. The van der Waals surface area contributed by atoms with Crippen LogP contribution in [0.15, 0.2) is 0 Å². The van der Waals surface area contributed by atoms with Gasteiger partial charge in [0.15, 0.2) is 0 Å². The van der Waals surface area contributed by atoms with Crippen molar-refractivity contribution in [1.82, 2.24) is 10.6 Å². The van der Waals surface area contributed by atoms with Crippen molar-refractivity contribution >= 4 is 12.0 Å². The predicted octanol–water partition coefficient (Wildman–Crippen LogP) is 1.89. The Hall–Kier alpha value is -1.30. The van der Waals surface area contributed by atoms with Crippen LogP contribution in [0.2, 0.25) is 0 Å². The summed E-state index contributed by atoms with van der Waals surface area (Å²) in [4.78, 5) is 23.0. The molecule has 2 amide bonds. The van der Waals surface area contributed by atoms with E-state index in [1.165, 1.54) is 13.3 Å². The topological polar surface area (TPSA) is 87.7 Å². The zero-order chi connectivity index (χ0) is 15.0. The second-order valence-electron chi connectivity index (χ2n) is 5.55. The Morgan fingerprint density at radius 1 is 1.40 bits per heavy atom. The van der Waals surface area contributed by atoms with Crippen LogP contribution < -0.4 is 10.6 Å². The third-order valence-electron chi connectivity index (χ3n) is 3.64. The summed E-state index contributed by atoms with van der Waals surface area (Å²) < 4.78 is 5.57. The highest BCUT2D eigenvalue weighted by Crippen LogP contribution is 2.15. The van der Waals surface area contributed by atoms with Gasteiger partial charge in [-0.1, -0.05) is 13.3 Å². The Labute approximate surface area is 120 Å². The number of rotatable bonds is 7. The van der Waals surface area contributed by atoms with Crippen LogP contribution in [0.5, 0.6) is 0 Å². The summed E-state index contributed by atoms with van der Waals surface area (Å²) in [6, 6.07) is -0.431. The fourth-order valence-corrected chi connectivity index (χ4v) is 2.40. The predicted molar refractivity (Wildman–Crippen MR) is 75.7 cm³/mol. The molecule has 1 saturated heterocycles. The first-order valence-corrected chi connectivity index (χ1v) is 7.39. The third-order valence-corrected chi connectivity index (χ3v) is 3.64. The summed E-state index contributed by atoms with van der Waals surface area (Å²) in [5.41, 5.74) is -1.21. The van der Waals surface area contributed by atoms with Crippen molar-refractivity contribution in [2.75, 3.05) is 13.2 Å². The van der Waals surface area contributed by atoms with Crippen LogP contribution in [-0.4, -0.2) is 41.9 Å². The molecule has 0 saturated carbocycles. The van der Waals surface area contributed by atoms with Gasteiger partial charge < -0.3 is 20.5 Å². The molecule has 0 aromatic rings. The molecular weight excluding hydrogens is 260 g/mol. The molecule has 1 aliphatic rings. The lowest BCUT2D eigenvalue weighted by Gasteiger charge is -2.26. The van der Waals surface area contributed by atoms with Gasteiger partial charge in [-0.25, -0.2) is 9.59 Å². The van der Waals surface area contributed by atoms with Gasteiger partial charge in [-0.15, -0.1) is 0 Å². The number of amides is 2. The number of nitrogens with one attached hydrogen (secondary N) is 2. The van der Waals surface area contributed by atoms with Gasteiger partial charge in [0, 0.05) is 13.2 Å². The lowest BCUT2D eigenvalue weighted by atomic mass is 9.97. The molecule has 0 aromatic carbocycles. The molecule has 0 bridgehead atoms. The summed E-state index contributed by atoms with van der Waals surface area (Å²) in [5, 5.41) is 14.4. The van der Waals surface area contributed by atoms with E-state index < -0.39 is 17.5 Å². The highest BCUT2D eigenvalue weighted by atomic mass is 16.5. The second-order valence-corrected chi connectivity index (χ2v) is 5.55. The molecule has 2 atom stereocenters. The van der Waals surface area contributed by atoms with Crippen LogP contribution in [0.4, 0.5) is 4.79 Å². The quantitative estimate of drug-likeness (QED) is 0.667. The van der Waals surface area contributed by atoms with Gasteiger partial charge in [0.25, 0.3) is 0 Å². The average molecular weight is 286 g/mol. The van der Waals surface area contributed by atoms with Crippen LogP contribution in [0.25, 0.3) is 0 Å². The van der Waals surface area contributed by atoms with Crippen molar-refractivity contribution in [3.8, 4) is 0 Å². The lowest BCUT2D eigenvalue weighted by molar-refractivity contribution is -0.144. The zero-order valence-electron chi connectivity index (χ0n) is 12.4. The molecule has 6 nitrogen and oxygen atoms in total. The van der Waals surface area contributed by atoms with E-state index >= 15 is 0 Å². The summed E-state index contributed by atoms with van der Waals surface area (Å²) in [5.74, 6) is -1.01. The number of hydrogen-bond donors (Lipinski definition) is 3. The minimum Gasteiger partial charge on any atom is -0.480 e. The van der Waals surface area contributed by atoms with E-state index in [1.807, 2.05) is 6.92 Å². The largest absolute Gasteiger partial charge is 0.480 e. The second kappa shape index (κ2) is 8.09. The van der Waals surface area contributed by atoms with Crippen molar-refractivity contribution in [1.29, 1.82) is 0 Å². The lowest BCUT2D eigenvalue weighted by Crippen LogP contribution is -2.55. The molecule has 3 N–H and O–H groups in total. The van der Waals surface area contributed by atoms with E-state index in [-0.39, 0.29) is 6.10 Å². The molecule has 1 rings (SSSR count). The highest BCUT2D eigenvalue weighted by Gasteiger charge is 2.33. The van der Waals surface area contributed by atoms with E-state index in [1.54, 1.807) is 0 Å². The van der Waals surface area contributed by atoms with Crippen molar-refractivity contribution in [3.05, 3.63) is 0 Å². The van der Waals surface area contributed by atoms with Gasteiger partial charge in [0.05, 0.1) is 6.10 Å². The highest BCUT2D eigenvalue weighted by molar-refractivity contribution is 5.85. The molecule has 0 spiro atoms. The van der Waals surface area contributed by atoms with Crippen molar-refractivity contribution in [2.24, 2.45) is 0 Å². The minimum atomic E-state index is -1.21. The van der Waals surface area contributed by atoms with E-state index in [0.717, 1.165) is 25.9 Å². The van der Waals surface area contributed by atoms with E-state index in [2.05, 4.69) is 10.6 Å². The first kappa shape index (κ1) is 16.8. The van der Waals surface area contributed by atoms with Crippen LogP contribution in [0.1, 0.15) is 52.4 Å². The third kappa shape index (κ3) is 5.36. The number of carboxylic acids is 1. The SMILES string of the molecule is CCCC(C)(NC(=O)NCCC1CCCCO1)C(=O)O. The number of ether oxygens (including phenoxy) is 1. The molecule has 0 aliphatic carbocycles. The van der Waals surface area contributed by atoms with Crippen molar-refractivity contribution in [2.45, 2.75) is 64.0 Å². The fraction of sp³-hybridized carbons (Fsp3) is 0.857. The van der Waals surface area contributed by atoms with Gasteiger partial charge in [-0.2, -0.15) is 0 Å². The smallest absolute Gasteiger partial charge is 0.329 e. The van der Waals surface area contributed by atoms with Gasteiger partial charge in [0.1, 0.15) is 5.54 Å². The van der Waals surface area contributed by atoms with Gasteiger partial charge in [0.2, 0.25) is 0 Å². The monoisotopic (exact) mass is 286 g/mol. The molecule has 1 aliphatic heterocycles. The maximum atomic E-state index is 11.8. The van der Waals surface area contributed by atoms with Crippen molar-refractivity contribution < 1.29 is 19.4 Å². The number of hydrogen-bond acceptors (Lipinski definition) is 3. The van der Waals surface area contributed by atoms with Gasteiger partial charge in [-0.3, -0.25) is 0 Å².